The molecule has 4 aliphatic heterocycles. The molecule has 2 unspecified atom stereocenters. The quantitative estimate of drug-likeness (QED) is 0.353. The molecule has 0 saturated carbocycles. The topological polar surface area (TPSA) is 107 Å². The van der Waals surface area contributed by atoms with E-state index in [1.165, 1.54) is 17.4 Å². The first-order valence-corrected chi connectivity index (χ1v) is 15.6. The minimum Gasteiger partial charge on any atom is -0.389 e. The predicted octanol–water partition coefficient (Wildman–Crippen LogP) is 4.35. The zero-order valence-electron chi connectivity index (χ0n) is 24.1. The maximum atomic E-state index is 17.3. The van der Waals surface area contributed by atoms with Gasteiger partial charge in [0, 0.05) is 65.5 Å². The van der Waals surface area contributed by atoms with Gasteiger partial charge in [0.05, 0.1) is 24.2 Å². The van der Waals surface area contributed by atoms with E-state index in [0.717, 1.165) is 56.8 Å². The molecule has 12 heteroatoms. The summed E-state index contributed by atoms with van der Waals surface area (Å²) in [6.07, 6.45) is 3.03. The van der Waals surface area contributed by atoms with E-state index in [9.17, 15) is 5.26 Å². The second-order valence-electron chi connectivity index (χ2n) is 12.3. The first kappa shape index (κ1) is 27.0. The van der Waals surface area contributed by atoms with Gasteiger partial charge in [0.1, 0.15) is 28.2 Å². The number of nitriles is 1. The third kappa shape index (κ3) is 3.95. The highest BCUT2D eigenvalue weighted by atomic mass is 32.1. The van der Waals surface area contributed by atoms with Crippen molar-refractivity contribution in [2.45, 2.75) is 50.6 Å². The Hall–Kier alpha value is -3.63. The van der Waals surface area contributed by atoms with Crippen molar-refractivity contribution < 1.29 is 13.5 Å². The van der Waals surface area contributed by atoms with E-state index in [-0.39, 0.29) is 52.5 Å². The number of thiophene rings is 1. The van der Waals surface area contributed by atoms with Crippen LogP contribution in [-0.4, -0.2) is 73.3 Å². The largest absolute Gasteiger partial charge is 0.389 e. The van der Waals surface area contributed by atoms with E-state index in [1.807, 2.05) is 0 Å². The molecule has 3 saturated heterocycles. The molecule has 2 aromatic carbocycles. The van der Waals surface area contributed by atoms with Crippen molar-refractivity contribution in [2.75, 3.05) is 55.8 Å². The van der Waals surface area contributed by atoms with Crippen molar-refractivity contribution in [3.05, 3.63) is 40.5 Å². The third-order valence-corrected chi connectivity index (χ3v) is 10.7. The monoisotopic (exact) mass is 602 g/mol. The van der Waals surface area contributed by atoms with Crippen LogP contribution < -0.4 is 20.9 Å². The maximum Gasteiger partial charge on any atom is 0.228 e. The Kier molecular flexibility index (Phi) is 6.24. The summed E-state index contributed by atoms with van der Waals surface area (Å²) in [7, 11) is 4.13. The van der Waals surface area contributed by atoms with Crippen LogP contribution in [0.2, 0.25) is 0 Å². The van der Waals surface area contributed by atoms with E-state index >= 15 is 8.78 Å². The number of nitrogen functional groups attached to an aromatic ring is 1. The standard InChI is InChI=1S/C31H32F2N8OS/c1-39(2)17-7-8-40(12-17)31-37-28-25(30(38-31)41-15-3-4-16(41)11-36-10-15)20-14-42-13-19(20)24(27(28)33)26-21(32)5-6-22-23(26)18(9-34)29(35)43-22/h5-6,15-17,36H,3-4,7-8,10-14,35H2,1-2H3/t15?,16?,17-/m0/s1. The number of piperazine rings is 1. The summed E-state index contributed by atoms with van der Waals surface area (Å²) in [6, 6.07) is 5.88. The van der Waals surface area contributed by atoms with Gasteiger partial charge in [-0.15, -0.1) is 11.3 Å². The minimum atomic E-state index is -0.616. The highest BCUT2D eigenvalue weighted by molar-refractivity contribution is 7.23. The number of ether oxygens (including phenoxy) is 1. The Morgan fingerprint density at radius 3 is 2.56 bits per heavy atom. The Balaban J connectivity index is 1.44. The van der Waals surface area contributed by atoms with Crippen molar-refractivity contribution in [1.82, 2.24) is 20.2 Å². The molecular formula is C31H32F2N8OS. The number of halogens is 2. The van der Waals surface area contributed by atoms with Gasteiger partial charge < -0.3 is 30.5 Å². The van der Waals surface area contributed by atoms with Crippen molar-refractivity contribution in [3.8, 4) is 17.2 Å². The molecule has 4 aromatic rings. The van der Waals surface area contributed by atoms with Crippen LogP contribution in [0.4, 0.5) is 25.5 Å². The summed E-state index contributed by atoms with van der Waals surface area (Å²) in [5, 5.41) is 14.8. The normalized spacial score (nSPS) is 23.2. The molecule has 3 atom stereocenters. The second-order valence-corrected chi connectivity index (χ2v) is 13.3. The number of nitrogens with two attached hydrogens (primary N) is 1. The van der Waals surface area contributed by atoms with Gasteiger partial charge in [-0.25, -0.2) is 13.8 Å². The second kappa shape index (κ2) is 9.95. The highest BCUT2D eigenvalue weighted by Crippen LogP contribution is 2.49. The molecule has 4 aliphatic rings. The van der Waals surface area contributed by atoms with Gasteiger partial charge in [-0.1, -0.05) is 0 Å². The number of hydrogen-bond acceptors (Lipinski definition) is 10. The molecule has 2 bridgehead atoms. The summed E-state index contributed by atoms with van der Waals surface area (Å²) in [5.74, 6) is 0.00237. The van der Waals surface area contributed by atoms with Gasteiger partial charge in [0.2, 0.25) is 5.95 Å². The van der Waals surface area contributed by atoms with Crippen LogP contribution >= 0.6 is 11.3 Å². The van der Waals surface area contributed by atoms with Gasteiger partial charge in [-0.05, 0) is 56.6 Å². The van der Waals surface area contributed by atoms with Crippen molar-refractivity contribution in [2.24, 2.45) is 0 Å². The lowest BCUT2D eigenvalue weighted by atomic mass is 9.90. The third-order valence-electron chi connectivity index (χ3n) is 9.76. The van der Waals surface area contributed by atoms with E-state index in [0.29, 0.717) is 33.0 Å². The zero-order valence-corrected chi connectivity index (χ0v) is 24.9. The van der Waals surface area contributed by atoms with E-state index in [2.05, 4.69) is 40.2 Å². The number of aromatic nitrogens is 2. The van der Waals surface area contributed by atoms with Gasteiger partial charge >= 0.3 is 0 Å². The molecule has 2 aromatic heterocycles. The Labute approximate surface area is 251 Å². The summed E-state index contributed by atoms with van der Waals surface area (Å²) in [4.78, 5) is 16.8. The number of anilines is 3. The number of fused-ring (bicyclic) bond motifs is 6. The number of likely N-dealkylation sites (N-methyl/N-ethyl adjacent to an activating group) is 1. The fourth-order valence-corrected chi connectivity index (χ4v) is 8.53. The fraction of sp³-hybridized carbons (Fsp3) is 0.452. The molecule has 222 valence electrons. The Morgan fingerprint density at radius 1 is 1.07 bits per heavy atom. The average molecular weight is 603 g/mol. The number of nitrogens with one attached hydrogen (secondary N) is 1. The van der Waals surface area contributed by atoms with E-state index in [4.69, 9.17) is 20.4 Å². The molecule has 0 aliphatic carbocycles. The van der Waals surface area contributed by atoms with Crippen molar-refractivity contribution in [3.63, 3.8) is 0 Å². The molecule has 43 heavy (non-hydrogen) atoms. The van der Waals surface area contributed by atoms with Crippen LogP contribution in [0.5, 0.6) is 0 Å². The van der Waals surface area contributed by atoms with Crippen LogP contribution in [0.1, 0.15) is 36.0 Å². The summed E-state index contributed by atoms with van der Waals surface area (Å²) in [6.45, 7) is 3.55. The van der Waals surface area contributed by atoms with E-state index in [1.54, 1.807) is 6.07 Å². The van der Waals surface area contributed by atoms with Gasteiger partial charge in [0.25, 0.3) is 0 Å². The predicted molar refractivity (Wildman–Crippen MR) is 164 cm³/mol. The van der Waals surface area contributed by atoms with Gasteiger partial charge in [-0.2, -0.15) is 10.2 Å². The van der Waals surface area contributed by atoms with Crippen LogP contribution in [0.25, 0.3) is 32.1 Å². The van der Waals surface area contributed by atoms with Crippen molar-refractivity contribution >= 4 is 49.1 Å². The minimum absolute atomic E-state index is 0.0425. The number of hydrogen-bond donors (Lipinski definition) is 2. The zero-order chi connectivity index (χ0) is 29.6. The van der Waals surface area contributed by atoms with Gasteiger partial charge in [0.15, 0.2) is 5.82 Å². The van der Waals surface area contributed by atoms with E-state index < -0.39 is 11.6 Å². The number of benzene rings is 2. The van der Waals surface area contributed by atoms with Crippen LogP contribution in [0.15, 0.2) is 12.1 Å². The lowest BCUT2D eigenvalue weighted by Crippen LogP contribution is -2.52. The Bertz CT molecular complexity index is 1840. The average Bonchev–Trinajstić information content (AvgIpc) is 3.78. The van der Waals surface area contributed by atoms with Crippen LogP contribution in [-0.2, 0) is 18.0 Å². The molecule has 0 radical (unpaired) electrons. The summed E-state index contributed by atoms with van der Waals surface area (Å²) < 4.78 is 39.8. The number of rotatable bonds is 4. The molecule has 6 heterocycles. The molecule has 3 fully saturated rings. The maximum absolute atomic E-state index is 17.3. The molecular weight excluding hydrogens is 570 g/mol. The Morgan fingerprint density at radius 2 is 1.84 bits per heavy atom. The molecule has 9 nitrogen and oxygen atoms in total. The SMILES string of the molecule is CN(C)[C@H]1CCN(c2nc(N3C4CCC3CNC4)c3c4c(c(-c5c(F)ccc6sc(N)c(C#N)c56)c(F)c3n2)COC4)C1. The smallest absolute Gasteiger partial charge is 0.228 e. The highest BCUT2D eigenvalue weighted by Gasteiger charge is 2.41. The fourth-order valence-electron chi connectivity index (χ4n) is 7.60. The first-order valence-electron chi connectivity index (χ1n) is 14.8. The lowest BCUT2D eigenvalue weighted by molar-refractivity contribution is 0.135. The van der Waals surface area contributed by atoms with Crippen LogP contribution in [0, 0.1) is 23.0 Å². The summed E-state index contributed by atoms with van der Waals surface area (Å²) in [5.41, 5.74) is 8.02. The number of nitrogens with zero attached hydrogens (tertiary/aromatic N) is 6. The molecule has 0 spiro atoms. The first-order chi connectivity index (χ1) is 20.9. The summed E-state index contributed by atoms with van der Waals surface area (Å²) >= 11 is 1.20. The molecule has 0 amide bonds. The van der Waals surface area contributed by atoms with Crippen LogP contribution in [0.3, 0.4) is 0 Å². The van der Waals surface area contributed by atoms with Gasteiger partial charge in [-0.3, -0.25) is 0 Å². The lowest BCUT2D eigenvalue weighted by Gasteiger charge is -2.37. The molecule has 8 rings (SSSR count). The van der Waals surface area contributed by atoms with Crippen molar-refractivity contribution in [1.29, 1.82) is 5.26 Å². The molecule has 3 N–H and O–H groups in total.